The van der Waals surface area contributed by atoms with Gasteiger partial charge >= 0.3 is 11.9 Å². The Labute approximate surface area is 197 Å². The molecule has 1 N–H and O–H groups in total. The van der Waals surface area contributed by atoms with Crippen molar-refractivity contribution in [1.82, 2.24) is 14.9 Å². The number of amides is 1. The van der Waals surface area contributed by atoms with Crippen LogP contribution < -0.4 is 20.3 Å². The number of nitrogens with zero attached hydrogens (tertiary/aromatic N) is 2. The number of methoxy groups -OCH3 is 3. The van der Waals surface area contributed by atoms with Crippen LogP contribution in [-0.2, 0) is 30.4 Å². The zero-order valence-corrected chi connectivity index (χ0v) is 20.1. The molecule has 1 aromatic carbocycles. The maximum atomic E-state index is 12.8. The van der Waals surface area contributed by atoms with Crippen LogP contribution >= 0.6 is 0 Å². The quantitative estimate of drug-likeness (QED) is 0.451. The topological polar surface area (TPSA) is 135 Å². The highest BCUT2D eigenvalue weighted by Crippen LogP contribution is 2.29. The minimum atomic E-state index is -0.804. The number of esters is 2. The molecule has 0 aliphatic rings. The molecular weight excluding hydrogens is 446 g/mol. The van der Waals surface area contributed by atoms with Gasteiger partial charge in [0, 0.05) is 19.0 Å². The summed E-state index contributed by atoms with van der Waals surface area (Å²) in [5, 5.41) is 2.88. The third kappa shape index (κ3) is 7.19. The lowest BCUT2D eigenvalue weighted by atomic mass is 10.0. The van der Waals surface area contributed by atoms with Gasteiger partial charge in [-0.05, 0) is 24.8 Å². The van der Waals surface area contributed by atoms with Gasteiger partial charge in [0.25, 0.3) is 11.5 Å². The average molecular weight is 478 g/mol. The van der Waals surface area contributed by atoms with Crippen LogP contribution in [0.4, 0.5) is 0 Å². The number of aryl methyl sites for hydroxylation is 1. The molecule has 1 heterocycles. The van der Waals surface area contributed by atoms with E-state index in [-0.39, 0.29) is 24.4 Å². The molecule has 0 aliphatic heterocycles. The second-order valence-corrected chi connectivity index (χ2v) is 8.00. The standard InChI is InChI=1S/C23H31N3O8/c1-14(2)9-17(23(30)33-5)25-20(27)12-34-21(28)7-6-8-26-13-24-16-11-19(32-4)18(31-3)10-15(16)22(26)29/h10-11,13-14,17H,6-9,12H2,1-5H3,(H,25,27). The zero-order valence-electron chi connectivity index (χ0n) is 20.1. The van der Waals surface area contributed by atoms with Crippen LogP contribution in [-0.4, -0.2) is 61.4 Å². The molecule has 11 nitrogen and oxygen atoms in total. The Morgan fingerprint density at radius 1 is 1.09 bits per heavy atom. The van der Waals surface area contributed by atoms with Crippen molar-refractivity contribution >= 4 is 28.7 Å². The molecule has 1 aromatic heterocycles. The van der Waals surface area contributed by atoms with Crippen molar-refractivity contribution in [2.75, 3.05) is 27.9 Å². The zero-order chi connectivity index (χ0) is 25.3. The summed E-state index contributed by atoms with van der Waals surface area (Å²) < 4.78 is 21.5. The Morgan fingerprint density at radius 2 is 1.76 bits per heavy atom. The Morgan fingerprint density at radius 3 is 2.38 bits per heavy atom. The van der Waals surface area contributed by atoms with Crippen molar-refractivity contribution in [2.45, 2.75) is 45.7 Å². The molecule has 1 atom stereocenters. The number of carbonyl (C=O) groups excluding carboxylic acids is 3. The van der Waals surface area contributed by atoms with Crippen LogP contribution in [0.5, 0.6) is 11.5 Å². The first-order valence-electron chi connectivity index (χ1n) is 10.8. The molecule has 186 valence electrons. The lowest BCUT2D eigenvalue weighted by Crippen LogP contribution is -2.44. The molecule has 11 heteroatoms. The first kappa shape index (κ1) is 26.6. The van der Waals surface area contributed by atoms with E-state index in [1.165, 1.54) is 32.2 Å². The highest BCUT2D eigenvalue weighted by Gasteiger charge is 2.23. The van der Waals surface area contributed by atoms with Gasteiger partial charge in [-0.1, -0.05) is 13.8 Å². The highest BCUT2D eigenvalue weighted by atomic mass is 16.5. The van der Waals surface area contributed by atoms with Gasteiger partial charge in [0.15, 0.2) is 18.1 Å². The van der Waals surface area contributed by atoms with E-state index < -0.39 is 30.5 Å². The number of benzene rings is 1. The number of carbonyl (C=O) groups is 3. The van der Waals surface area contributed by atoms with Crippen molar-refractivity contribution in [3.63, 3.8) is 0 Å². The predicted molar refractivity (Wildman–Crippen MR) is 123 cm³/mol. The summed E-state index contributed by atoms with van der Waals surface area (Å²) in [7, 11) is 4.22. The minimum absolute atomic E-state index is 0.00385. The molecular formula is C23H31N3O8. The van der Waals surface area contributed by atoms with Gasteiger partial charge in [-0.15, -0.1) is 0 Å². The third-order valence-electron chi connectivity index (χ3n) is 5.00. The van der Waals surface area contributed by atoms with Crippen molar-refractivity contribution in [1.29, 1.82) is 0 Å². The lowest BCUT2D eigenvalue weighted by Gasteiger charge is -2.18. The van der Waals surface area contributed by atoms with Gasteiger partial charge in [-0.25, -0.2) is 9.78 Å². The van der Waals surface area contributed by atoms with Gasteiger partial charge in [0.1, 0.15) is 6.04 Å². The van der Waals surface area contributed by atoms with Crippen LogP contribution in [0.3, 0.4) is 0 Å². The fourth-order valence-corrected chi connectivity index (χ4v) is 3.32. The minimum Gasteiger partial charge on any atom is -0.493 e. The fourth-order valence-electron chi connectivity index (χ4n) is 3.32. The second-order valence-electron chi connectivity index (χ2n) is 8.00. The molecule has 0 spiro atoms. The van der Waals surface area contributed by atoms with Crippen LogP contribution in [0.15, 0.2) is 23.3 Å². The summed E-state index contributed by atoms with van der Waals surface area (Å²) in [6, 6.07) is 2.38. The van der Waals surface area contributed by atoms with Gasteiger partial charge in [0.05, 0.1) is 38.6 Å². The molecule has 0 fully saturated rings. The molecule has 2 rings (SSSR count). The van der Waals surface area contributed by atoms with E-state index in [4.69, 9.17) is 14.2 Å². The number of ether oxygens (including phenoxy) is 4. The van der Waals surface area contributed by atoms with Gasteiger partial charge in [0.2, 0.25) is 0 Å². The van der Waals surface area contributed by atoms with Crippen LogP contribution in [0.2, 0.25) is 0 Å². The summed E-state index contributed by atoms with van der Waals surface area (Å²) in [5.41, 5.74) is 0.185. The molecule has 1 unspecified atom stereocenters. The van der Waals surface area contributed by atoms with E-state index in [0.29, 0.717) is 35.2 Å². The Bertz CT molecular complexity index is 1080. The molecule has 0 bridgehead atoms. The summed E-state index contributed by atoms with van der Waals surface area (Å²) in [5.74, 6) is -0.711. The molecule has 0 radical (unpaired) electrons. The van der Waals surface area contributed by atoms with Crippen LogP contribution in [0.25, 0.3) is 10.9 Å². The van der Waals surface area contributed by atoms with Gasteiger partial charge in [-0.2, -0.15) is 0 Å². The highest BCUT2D eigenvalue weighted by molar-refractivity contribution is 5.86. The molecule has 0 saturated heterocycles. The van der Waals surface area contributed by atoms with E-state index >= 15 is 0 Å². The van der Waals surface area contributed by atoms with E-state index in [1.807, 2.05) is 13.8 Å². The molecule has 0 aliphatic carbocycles. The van der Waals surface area contributed by atoms with Crippen molar-refractivity contribution in [2.24, 2.45) is 5.92 Å². The first-order chi connectivity index (χ1) is 16.2. The molecule has 34 heavy (non-hydrogen) atoms. The number of hydrogen-bond acceptors (Lipinski definition) is 9. The normalized spacial score (nSPS) is 11.7. The molecule has 0 saturated carbocycles. The van der Waals surface area contributed by atoms with E-state index in [9.17, 15) is 19.2 Å². The molecule has 2 aromatic rings. The average Bonchev–Trinajstić information content (AvgIpc) is 2.82. The Balaban J connectivity index is 1.89. The van der Waals surface area contributed by atoms with Crippen molar-refractivity contribution in [3.8, 4) is 11.5 Å². The summed E-state index contributed by atoms with van der Waals surface area (Å²) in [6.45, 7) is 3.54. The van der Waals surface area contributed by atoms with Crippen molar-refractivity contribution < 1.29 is 33.3 Å². The number of hydrogen-bond donors (Lipinski definition) is 1. The maximum absolute atomic E-state index is 12.8. The Hall–Kier alpha value is -3.63. The number of aromatic nitrogens is 2. The number of nitrogens with one attached hydrogen (secondary N) is 1. The van der Waals surface area contributed by atoms with E-state index in [2.05, 4.69) is 15.0 Å². The van der Waals surface area contributed by atoms with Crippen LogP contribution in [0, 0.1) is 5.92 Å². The fraction of sp³-hybridized carbons (Fsp3) is 0.522. The first-order valence-corrected chi connectivity index (χ1v) is 10.8. The summed E-state index contributed by atoms with van der Waals surface area (Å²) >= 11 is 0. The lowest BCUT2D eigenvalue weighted by molar-refractivity contribution is -0.150. The summed E-state index contributed by atoms with van der Waals surface area (Å²) in [4.78, 5) is 52.9. The SMILES string of the molecule is COC(=O)C(CC(C)C)NC(=O)COC(=O)CCCn1cnc2cc(OC)c(OC)cc2c1=O. The van der Waals surface area contributed by atoms with Gasteiger partial charge < -0.3 is 24.3 Å². The monoisotopic (exact) mass is 477 g/mol. The van der Waals surface area contributed by atoms with Crippen molar-refractivity contribution in [3.05, 3.63) is 28.8 Å². The number of fused-ring (bicyclic) bond motifs is 1. The smallest absolute Gasteiger partial charge is 0.328 e. The second kappa shape index (κ2) is 12.6. The predicted octanol–water partition coefficient (Wildman–Crippen LogP) is 1.44. The third-order valence-corrected chi connectivity index (χ3v) is 5.00. The maximum Gasteiger partial charge on any atom is 0.328 e. The van der Waals surface area contributed by atoms with Crippen LogP contribution in [0.1, 0.15) is 33.1 Å². The molecule has 1 amide bonds. The largest absolute Gasteiger partial charge is 0.493 e. The van der Waals surface area contributed by atoms with E-state index in [1.54, 1.807) is 12.1 Å². The van der Waals surface area contributed by atoms with E-state index in [0.717, 1.165) is 0 Å². The number of rotatable bonds is 12. The Kier molecular flexibility index (Phi) is 9.84. The van der Waals surface area contributed by atoms with Gasteiger partial charge in [-0.3, -0.25) is 19.0 Å². The summed E-state index contributed by atoms with van der Waals surface area (Å²) in [6.07, 6.45) is 2.10.